The Morgan fingerprint density at radius 2 is 1.45 bits per heavy atom. The first-order chi connectivity index (χ1) is 19.3. The van der Waals surface area contributed by atoms with Gasteiger partial charge in [-0.25, -0.2) is 0 Å². The van der Waals surface area contributed by atoms with Gasteiger partial charge in [-0.15, -0.1) is 0 Å². The summed E-state index contributed by atoms with van der Waals surface area (Å²) in [5.41, 5.74) is 8.73. The Morgan fingerprint density at radius 3 is 2.05 bits per heavy atom. The maximum absolute atomic E-state index is 13.5. The summed E-state index contributed by atoms with van der Waals surface area (Å²) < 4.78 is 5.48. The molecule has 0 radical (unpaired) electrons. The maximum Gasteiger partial charge on any atom is 0.245 e. The van der Waals surface area contributed by atoms with E-state index >= 15 is 0 Å². The highest BCUT2D eigenvalue weighted by Gasteiger charge is 2.32. The van der Waals surface area contributed by atoms with Crippen molar-refractivity contribution < 1.29 is 24.2 Å². The summed E-state index contributed by atoms with van der Waals surface area (Å²) in [6.07, 6.45) is -0.947. The van der Waals surface area contributed by atoms with Gasteiger partial charge in [-0.1, -0.05) is 73.7 Å². The van der Waals surface area contributed by atoms with Crippen LogP contribution in [-0.4, -0.2) is 41.5 Å². The summed E-state index contributed by atoms with van der Waals surface area (Å²) in [4.78, 5) is 39.1. The average molecular weight is 547 g/mol. The van der Waals surface area contributed by atoms with Crippen LogP contribution in [0.5, 0.6) is 5.75 Å². The van der Waals surface area contributed by atoms with Crippen LogP contribution in [0.3, 0.4) is 0 Å². The first-order valence-corrected chi connectivity index (χ1v) is 13.4. The topological polar surface area (TPSA) is 143 Å². The minimum atomic E-state index is -1.32. The molecule has 0 heterocycles. The third kappa shape index (κ3) is 8.93. The van der Waals surface area contributed by atoms with Gasteiger partial charge in [0.05, 0.1) is 6.61 Å². The smallest absolute Gasteiger partial charge is 0.245 e. The van der Waals surface area contributed by atoms with Gasteiger partial charge in [0.2, 0.25) is 17.7 Å². The largest absolute Gasteiger partial charge is 0.494 e. The van der Waals surface area contributed by atoms with Crippen LogP contribution in [0.25, 0.3) is 0 Å². The number of hydrogen-bond acceptors (Lipinski definition) is 6. The minimum absolute atomic E-state index is 0.187. The number of ether oxygens (including phenoxy) is 1. The van der Waals surface area contributed by atoms with Crippen molar-refractivity contribution in [3.05, 3.63) is 101 Å². The van der Waals surface area contributed by atoms with Crippen molar-refractivity contribution in [3.63, 3.8) is 0 Å². The van der Waals surface area contributed by atoms with Crippen molar-refractivity contribution in [2.45, 2.75) is 58.0 Å². The quantitative estimate of drug-likeness (QED) is 0.210. The highest BCUT2D eigenvalue weighted by atomic mass is 16.5. The number of amides is 3. The Labute approximate surface area is 235 Å². The van der Waals surface area contributed by atoms with E-state index in [-0.39, 0.29) is 25.3 Å². The third-order valence-corrected chi connectivity index (χ3v) is 6.41. The molecule has 3 aromatic carbocycles. The standard InChI is InChI=1S/C31H38N4O5/c1-3-27(36)34-26(18-21-14-16-25(17-15-21)40-4-2)30(38)35-28(29(37)24-8-6-5-7-9-24)31(39)33-20-23-12-10-22(19-32)11-13-23/h5-17,26,28-29,37H,3-4,18-20,32H2,1-2H3,(H,33,39)(H,34,36)(H,35,38). The van der Waals surface area contributed by atoms with Crippen LogP contribution in [0.15, 0.2) is 78.9 Å². The van der Waals surface area contributed by atoms with Crippen LogP contribution >= 0.6 is 0 Å². The molecule has 0 aliphatic heterocycles. The predicted octanol–water partition coefficient (Wildman–Crippen LogP) is 2.52. The van der Waals surface area contributed by atoms with E-state index in [2.05, 4.69) is 16.0 Å². The van der Waals surface area contributed by atoms with Crippen LogP contribution in [-0.2, 0) is 33.9 Å². The van der Waals surface area contributed by atoms with Gasteiger partial charge in [0, 0.05) is 25.9 Å². The van der Waals surface area contributed by atoms with Gasteiger partial charge in [-0.05, 0) is 41.3 Å². The molecule has 0 spiro atoms. The maximum atomic E-state index is 13.5. The Hall–Kier alpha value is -4.21. The number of nitrogens with one attached hydrogen (secondary N) is 3. The molecule has 0 aliphatic rings. The predicted molar refractivity (Wildman–Crippen MR) is 153 cm³/mol. The van der Waals surface area contributed by atoms with E-state index in [1.165, 1.54) is 0 Å². The average Bonchev–Trinajstić information content (AvgIpc) is 2.99. The van der Waals surface area contributed by atoms with Crippen molar-refractivity contribution >= 4 is 17.7 Å². The van der Waals surface area contributed by atoms with Gasteiger partial charge in [0.1, 0.15) is 23.9 Å². The molecule has 0 aliphatic carbocycles. The Bertz CT molecular complexity index is 1230. The fourth-order valence-electron chi connectivity index (χ4n) is 4.11. The number of rotatable bonds is 14. The summed E-state index contributed by atoms with van der Waals surface area (Å²) in [6, 6.07) is 21.1. The van der Waals surface area contributed by atoms with Gasteiger partial charge in [0.25, 0.3) is 0 Å². The minimum Gasteiger partial charge on any atom is -0.494 e. The monoisotopic (exact) mass is 546 g/mol. The van der Waals surface area contributed by atoms with Gasteiger partial charge in [-0.3, -0.25) is 14.4 Å². The zero-order chi connectivity index (χ0) is 28.9. The van der Waals surface area contributed by atoms with Crippen LogP contribution < -0.4 is 26.4 Å². The molecule has 0 saturated carbocycles. The molecule has 0 aromatic heterocycles. The lowest BCUT2D eigenvalue weighted by atomic mass is 9.99. The molecule has 0 saturated heterocycles. The SMILES string of the molecule is CCOc1ccc(CC(NC(=O)CC)C(=O)NC(C(=O)NCc2ccc(CN)cc2)C(O)c2ccccc2)cc1. The van der Waals surface area contributed by atoms with Crippen molar-refractivity contribution in [1.29, 1.82) is 0 Å². The number of aliphatic hydroxyl groups is 1. The molecular weight excluding hydrogens is 508 g/mol. The van der Waals surface area contributed by atoms with E-state index in [0.717, 1.165) is 16.7 Å². The second-order valence-electron chi connectivity index (χ2n) is 9.33. The van der Waals surface area contributed by atoms with Crippen molar-refractivity contribution in [1.82, 2.24) is 16.0 Å². The molecule has 0 bridgehead atoms. The molecule has 40 heavy (non-hydrogen) atoms. The van der Waals surface area contributed by atoms with Crippen LogP contribution in [0.1, 0.15) is 48.6 Å². The summed E-state index contributed by atoms with van der Waals surface area (Å²) in [7, 11) is 0. The molecule has 3 aromatic rings. The molecule has 3 unspecified atom stereocenters. The van der Waals surface area contributed by atoms with E-state index in [9.17, 15) is 19.5 Å². The Balaban J connectivity index is 1.80. The second-order valence-corrected chi connectivity index (χ2v) is 9.33. The van der Waals surface area contributed by atoms with Gasteiger partial charge in [-0.2, -0.15) is 0 Å². The second kappa shape index (κ2) is 15.4. The summed E-state index contributed by atoms with van der Waals surface area (Å²) >= 11 is 0. The summed E-state index contributed by atoms with van der Waals surface area (Å²) in [6.45, 7) is 4.72. The van der Waals surface area contributed by atoms with E-state index in [1.54, 1.807) is 49.4 Å². The Kier molecular flexibility index (Phi) is 11.7. The number of carbonyl (C=O) groups excluding carboxylic acids is 3. The van der Waals surface area contributed by atoms with Crippen molar-refractivity contribution in [2.24, 2.45) is 5.73 Å². The van der Waals surface area contributed by atoms with E-state index in [0.29, 0.717) is 24.5 Å². The third-order valence-electron chi connectivity index (χ3n) is 6.41. The van der Waals surface area contributed by atoms with Crippen LogP contribution in [0, 0.1) is 0 Å². The number of nitrogens with two attached hydrogens (primary N) is 1. The van der Waals surface area contributed by atoms with Crippen molar-refractivity contribution in [2.75, 3.05) is 6.61 Å². The molecule has 3 atom stereocenters. The van der Waals surface area contributed by atoms with Gasteiger partial charge < -0.3 is 31.5 Å². The van der Waals surface area contributed by atoms with Gasteiger partial charge in [0.15, 0.2) is 0 Å². The lowest BCUT2D eigenvalue weighted by molar-refractivity contribution is -0.134. The highest BCUT2D eigenvalue weighted by Crippen LogP contribution is 2.18. The fourth-order valence-corrected chi connectivity index (χ4v) is 4.11. The molecule has 9 nitrogen and oxygen atoms in total. The first kappa shape index (κ1) is 30.3. The summed E-state index contributed by atoms with van der Waals surface area (Å²) in [5, 5.41) is 19.4. The number of benzene rings is 3. The summed E-state index contributed by atoms with van der Waals surface area (Å²) in [5.74, 6) is -0.755. The number of carbonyl (C=O) groups is 3. The van der Waals surface area contributed by atoms with E-state index in [1.807, 2.05) is 43.3 Å². The number of aliphatic hydroxyl groups excluding tert-OH is 1. The molecule has 9 heteroatoms. The lowest BCUT2D eigenvalue weighted by Crippen LogP contribution is -2.56. The lowest BCUT2D eigenvalue weighted by Gasteiger charge is -2.27. The molecule has 0 fully saturated rings. The van der Waals surface area contributed by atoms with Crippen molar-refractivity contribution in [3.8, 4) is 5.75 Å². The first-order valence-electron chi connectivity index (χ1n) is 13.4. The van der Waals surface area contributed by atoms with E-state index in [4.69, 9.17) is 10.5 Å². The molecular formula is C31H38N4O5. The molecule has 3 rings (SSSR count). The van der Waals surface area contributed by atoms with Crippen LogP contribution in [0.4, 0.5) is 0 Å². The molecule has 3 amide bonds. The Morgan fingerprint density at radius 1 is 0.825 bits per heavy atom. The number of hydrogen-bond donors (Lipinski definition) is 5. The highest BCUT2D eigenvalue weighted by molar-refractivity contribution is 5.92. The van der Waals surface area contributed by atoms with E-state index < -0.39 is 30.0 Å². The fraction of sp³-hybridized carbons (Fsp3) is 0.323. The molecule has 6 N–H and O–H groups in total. The normalized spacial score (nSPS) is 13.0. The zero-order valence-corrected chi connectivity index (χ0v) is 22.9. The van der Waals surface area contributed by atoms with Crippen LogP contribution in [0.2, 0.25) is 0 Å². The molecule has 212 valence electrons. The zero-order valence-electron chi connectivity index (χ0n) is 22.9. The van der Waals surface area contributed by atoms with Gasteiger partial charge >= 0.3 is 0 Å².